The number of halogens is 1. The monoisotopic (exact) mass is 199 g/mol. The van der Waals surface area contributed by atoms with E-state index >= 15 is 0 Å². The molecule has 1 heterocycles. The van der Waals surface area contributed by atoms with Gasteiger partial charge < -0.3 is 9.26 Å². The van der Waals surface area contributed by atoms with E-state index in [1.807, 2.05) is 6.07 Å². The molecule has 1 aromatic rings. The van der Waals surface area contributed by atoms with Gasteiger partial charge in [0, 0.05) is 13.0 Å². The summed E-state index contributed by atoms with van der Waals surface area (Å²) in [5.41, 5.74) is 0. The molecule has 0 aliphatic heterocycles. The Balaban J connectivity index is 2.87. The molecule has 0 radical (unpaired) electrons. The lowest BCUT2D eigenvalue weighted by molar-refractivity contribution is 0.498. The van der Waals surface area contributed by atoms with Crippen molar-refractivity contribution in [3.63, 3.8) is 0 Å². The number of rotatable bonds is 1. The van der Waals surface area contributed by atoms with Crippen LogP contribution >= 0.6 is 15.9 Å². The van der Waals surface area contributed by atoms with Crippen LogP contribution in [0.4, 0.5) is 0 Å². The van der Waals surface area contributed by atoms with Crippen molar-refractivity contribution in [2.24, 2.45) is 0 Å². The fourth-order valence-corrected chi connectivity index (χ4v) is 0.930. The lowest BCUT2D eigenvalue weighted by atomic mass is 10.3. The first-order valence-corrected chi connectivity index (χ1v) is 3.64. The molecule has 0 saturated heterocycles. The maximum Gasteiger partial charge on any atom is 0.277 e. The first kappa shape index (κ1) is 7.36. The average Bonchev–Trinajstić information content (AvgIpc) is 2.34. The summed E-state index contributed by atoms with van der Waals surface area (Å²) >= 11 is 3.23. The minimum absolute atomic E-state index is 0.175. The van der Waals surface area contributed by atoms with Gasteiger partial charge in [-0.05, 0) is 15.9 Å². The van der Waals surface area contributed by atoms with E-state index in [1.54, 1.807) is 13.2 Å². The summed E-state index contributed by atoms with van der Waals surface area (Å²) in [7, 11) is 0. The van der Waals surface area contributed by atoms with E-state index in [4.69, 9.17) is 11.0 Å². The van der Waals surface area contributed by atoms with Crippen molar-refractivity contribution in [2.75, 3.05) is 0 Å². The summed E-state index contributed by atoms with van der Waals surface area (Å²) in [5.74, 6) is 0.710. The molecule has 1 rings (SSSR count). The Labute approximate surface area is 67.8 Å². The SMILES string of the molecule is [C-]#[N+]C(C)c1cc(Br)co1. The molecule has 0 N–H and O–H groups in total. The Morgan fingerprint density at radius 2 is 2.50 bits per heavy atom. The van der Waals surface area contributed by atoms with Crippen LogP contribution in [0.25, 0.3) is 4.85 Å². The van der Waals surface area contributed by atoms with E-state index in [9.17, 15) is 0 Å². The first-order valence-electron chi connectivity index (χ1n) is 2.84. The molecule has 3 heteroatoms. The smallest absolute Gasteiger partial charge is 0.277 e. The van der Waals surface area contributed by atoms with Crippen LogP contribution in [0, 0.1) is 6.57 Å². The van der Waals surface area contributed by atoms with Crippen LogP contribution < -0.4 is 0 Å². The molecule has 10 heavy (non-hydrogen) atoms. The molecule has 0 saturated carbocycles. The molecule has 52 valence electrons. The largest absolute Gasteiger partial charge is 0.460 e. The number of nitrogens with zero attached hydrogens (tertiary/aromatic N) is 1. The lowest BCUT2D eigenvalue weighted by Gasteiger charge is -1.89. The Hall–Kier alpha value is -0.750. The predicted octanol–water partition coefficient (Wildman–Crippen LogP) is 3.02. The fraction of sp³-hybridized carbons (Fsp3) is 0.286. The lowest BCUT2D eigenvalue weighted by Crippen LogP contribution is -1.79. The summed E-state index contributed by atoms with van der Waals surface area (Å²) in [6.45, 7) is 8.51. The van der Waals surface area contributed by atoms with Crippen LogP contribution in [0.5, 0.6) is 0 Å². The van der Waals surface area contributed by atoms with E-state index < -0.39 is 0 Å². The Morgan fingerprint density at radius 3 is 2.90 bits per heavy atom. The molecule has 1 unspecified atom stereocenters. The van der Waals surface area contributed by atoms with Crippen molar-refractivity contribution in [1.82, 2.24) is 0 Å². The molecule has 0 spiro atoms. The normalized spacial score (nSPS) is 12.5. The number of hydrogen-bond acceptors (Lipinski definition) is 1. The molecule has 0 bridgehead atoms. The predicted molar refractivity (Wildman–Crippen MR) is 41.4 cm³/mol. The zero-order valence-electron chi connectivity index (χ0n) is 5.47. The van der Waals surface area contributed by atoms with Crippen LogP contribution in [0.2, 0.25) is 0 Å². The second-order valence-electron chi connectivity index (χ2n) is 1.97. The Kier molecular flexibility index (Phi) is 2.13. The highest BCUT2D eigenvalue weighted by atomic mass is 79.9. The standard InChI is InChI=1S/C7H6BrNO/c1-5(9-2)7-3-6(8)4-10-7/h3-5H,1H3. The highest BCUT2D eigenvalue weighted by molar-refractivity contribution is 9.10. The molecule has 1 atom stereocenters. The Morgan fingerprint density at radius 1 is 1.80 bits per heavy atom. The van der Waals surface area contributed by atoms with Gasteiger partial charge in [-0.15, -0.1) is 0 Å². The second kappa shape index (κ2) is 2.89. The summed E-state index contributed by atoms with van der Waals surface area (Å²) in [6.07, 6.45) is 1.58. The van der Waals surface area contributed by atoms with Crippen molar-refractivity contribution in [1.29, 1.82) is 0 Å². The van der Waals surface area contributed by atoms with Crippen molar-refractivity contribution < 1.29 is 4.42 Å². The maximum atomic E-state index is 6.71. The van der Waals surface area contributed by atoms with Gasteiger partial charge >= 0.3 is 0 Å². The van der Waals surface area contributed by atoms with Gasteiger partial charge in [0.05, 0.1) is 4.47 Å². The van der Waals surface area contributed by atoms with E-state index in [0.29, 0.717) is 5.76 Å². The van der Waals surface area contributed by atoms with Crippen molar-refractivity contribution in [3.05, 3.63) is 34.0 Å². The van der Waals surface area contributed by atoms with Gasteiger partial charge in [-0.25, -0.2) is 6.57 Å². The van der Waals surface area contributed by atoms with Crippen molar-refractivity contribution in [3.8, 4) is 0 Å². The Bertz CT molecular complexity index is 261. The molecular weight excluding hydrogens is 194 g/mol. The summed E-state index contributed by atoms with van der Waals surface area (Å²) in [4.78, 5) is 3.31. The van der Waals surface area contributed by atoms with Gasteiger partial charge in [-0.2, -0.15) is 0 Å². The molecule has 2 nitrogen and oxygen atoms in total. The van der Waals surface area contributed by atoms with Crippen LogP contribution in [-0.4, -0.2) is 0 Å². The minimum Gasteiger partial charge on any atom is -0.460 e. The zero-order valence-corrected chi connectivity index (χ0v) is 7.05. The van der Waals surface area contributed by atoms with Crippen LogP contribution in [0.1, 0.15) is 18.7 Å². The van der Waals surface area contributed by atoms with E-state index in [-0.39, 0.29) is 6.04 Å². The molecule has 0 fully saturated rings. The molecule has 0 aliphatic carbocycles. The summed E-state index contributed by atoms with van der Waals surface area (Å²) < 4.78 is 5.94. The molecular formula is C7H6BrNO. The fourth-order valence-electron chi connectivity index (χ4n) is 0.611. The third kappa shape index (κ3) is 1.39. The van der Waals surface area contributed by atoms with E-state index in [1.165, 1.54) is 0 Å². The first-order chi connectivity index (χ1) is 4.74. The number of hydrogen-bond donors (Lipinski definition) is 0. The van der Waals surface area contributed by atoms with Gasteiger partial charge in [0.25, 0.3) is 6.04 Å². The van der Waals surface area contributed by atoms with Crippen LogP contribution in [0.15, 0.2) is 21.2 Å². The average molecular weight is 200 g/mol. The third-order valence-electron chi connectivity index (χ3n) is 1.19. The summed E-state index contributed by atoms with van der Waals surface area (Å²) in [6, 6.07) is 1.63. The quantitative estimate of drug-likeness (QED) is 0.637. The summed E-state index contributed by atoms with van der Waals surface area (Å²) in [5, 5.41) is 0. The van der Waals surface area contributed by atoms with Crippen molar-refractivity contribution >= 4 is 15.9 Å². The van der Waals surface area contributed by atoms with Gasteiger partial charge in [0.2, 0.25) is 0 Å². The minimum atomic E-state index is -0.175. The zero-order chi connectivity index (χ0) is 7.56. The van der Waals surface area contributed by atoms with Gasteiger partial charge in [-0.1, -0.05) is 0 Å². The van der Waals surface area contributed by atoms with Gasteiger partial charge in [-0.3, -0.25) is 0 Å². The molecule has 0 amide bonds. The maximum absolute atomic E-state index is 6.71. The highest BCUT2D eigenvalue weighted by Crippen LogP contribution is 2.22. The third-order valence-corrected chi connectivity index (χ3v) is 1.61. The van der Waals surface area contributed by atoms with Crippen LogP contribution in [-0.2, 0) is 0 Å². The second-order valence-corrected chi connectivity index (χ2v) is 2.89. The molecule has 0 aliphatic rings. The number of furan rings is 1. The van der Waals surface area contributed by atoms with Crippen molar-refractivity contribution in [2.45, 2.75) is 13.0 Å². The molecule has 0 aromatic carbocycles. The van der Waals surface area contributed by atoms with E-state index in [2.05, 4.69) is 20.8 Å². The van der Waals surface area contributed by atoms with Crippen LogP contribution in [0.3, 0.4) is 0 Å². The van der Waals surface area contributed by atoms with Gasteiger partial charge in [0.1, 0.15) is 6.26 Å². The topological polar surface area (TPSA) is 17.5 Å². The van der Waals surface area contributed by atoms with E-state index in [0.717, 1.165) is 4.47 Å². The highest BCUT2D eigenvalue weighted by Gasteiger charge is 2.11. The van der Waals surface area contributed by atoms with Gasteiger partial charge in [0.15, 0.2) is 5.76 Å². The molecule has 1 aromatic heterocycles.